The molecule has 0 bridgehead atoms. The number of hydrogen-bond donors (Lipinski definition) is 0. The SMILES string of the molecule is CCCCC(CC)C(=O)C(C)c1ccccn1. The third-order valence-corrected chi connectivity index (χ3v) is 3.36. The Morgan fingerprint density at radius 3 is 2.65 bits per heavy atom. The number of nitrogens with zero attached hydrogens (tertiary/aromatic N) is 1. The summed E-state index contributed by atoms with van der Waals surface area (Å²) >= 11 is 0. The summed E-state index contributed by atoms with van der Waals surface area (Å²) < 4.78 is 0. The van der Waals surface area contributed by atoms with Gasteiger partial charge in [-0.05, 0) is 31.9 Å². The summed E-state index contributed by atoms with van der Waals surface area (Å²) in [7, 11) is 0. The van der Waals surface area contributed by atoms with Crippen molar-refractivity contribution in [3.8, 4) is 0 Å². The molecule has 0 fully saturated rings. The van der Waals surface area contributed by atoms with E-state index < -0.39 is 0 Å². The van der Waals surface area contributed by atoms with Gasteiger partial charge in [-0.1, -0.05) is 32.8 Å². The number of carbonyl (C=O) groups excluding carboxylic acids is 1. The predicted octanol–water partition coefficient (Wildman–Crippen LogP) is 3.97. The second-order valence-electron chi connectivity index (χ2n) is 4.63. The Labute approximate surface area is 104 Å². The lowest BCUT2D eigenvalue weighted by molar-refractivity contribution is -0.124. The highest BCUT2D eigenvalue weighted by Gasteiger charge is 2.23. The van der Waals surface area contributed by atoms with E-state index in [2.05, 4.69) is 18.8 Å². The predicted molar refractivity (Wildman–Crippen MR) is 71.0 cm³/mol. The van der Waals surface area contributed by atoms with Gasteiger partial charge in [-0.2, -0.15) is 0 Å². The summed E-state index contributed by atoms with van der Waals surface area (Å²) in [6.07, 6.45) is 6.01. The van der Waals surface area contributed by atoms with E-state index in [4.69, 9.17) is 0 Å². The highest BCUT2D eigenvalue weighted by atomic mass is 16.1. The van der Waals surface area contributed by atoms with Crippen LogP contribution in [-0.4, -0.2) is 10.8 Å². The number of rotatable bonds is 7. The summed E-state index contributed by atoms with van der Waals surface area (Å²) in [5.41, 5.74) is 0.896. The van der Waals surface area contributed by atoms with Crippen LogP contribution >= 0.6 is 0 Å². The lowest BCUT2D eigenvalue weighted by Crippen LogP contribution is -2.20. The van der Waals surface area contributed by atoms with Gasteiger partial charge in [0.05, 0.1) is 11.6 Å². The van der Waals surface area contributed by atoms with Gasteiger partial charge in [0.25, 0.3) is 0 Å². The Bertz CT molecular complexity index is 334. The molecule has 0 spiro atoms. The van der Waals surface area contributed by atoms with Gasteiger partial charge < -0.3 is 0 Å². The van der Waals surface area contributed by atoms with Crippen LogP contribution in [0.4, 0.5) is 0 Å². The van der Waals surface area contributed by atoms with Crippen molar-refractivity contribution in [2.45, 2.75) is 52.4 Å². The molecule has 2 heteroatoms. The van der Waals surface area contributed by atoms with Crippen LogP contribution in [0.15, 0.2) is 24.4 Å². The average Bonchev–Trinajstić information content (AvgIpc) is 2.39. The van der Waals surface area contributed by atoms with Crippen LogP contribution in [0.25, 0.3) is 0 Å². The van der Waals surface area contributed by atoms with Crippen molar-refractivity contribution in [1.29, 1.82) is 0 Å². The molecule has 0 aromatic carbocycles. The summed E-state index contributed by atoms with van der Waals surface area (Å²) in [6, 6.07) is 5.77. The van der Waals surface area contributed by atoms with Crippen molar-refractivity contribution < 1.29 is 4.79 Å². The van der Waals surface area contributed by atoms with Crippen molar-refractivity contribution in [2.24, 2.45) is 5.92 Å². The van der Waals surface area contributed by atoms with Gasteiger partial charge in [0.15, 0.2) is 0 Å². The van der Waals surface area contributed by atoms with Crippen molar-refractivity contribution in [3.05, 3.63) is 30.1 Å². The quantitative estimate of drug-likeness (QED) is 0.713. The van der Waals surface area contributed by atoms with Crippen molar-refractivity contribution in [3.63, 3.8) is 0 Å². The molecule has 0 saturated heterocycles. The Balaban J connectivity index is 2.67. The fourth-order valence-electron chi connectivity index (χ4n) is 2.13. The van der Waals surface area contributed by atoms with Crippen LogP contribution in [0.3, 0.4) is 0 Å². The molecule has 1 aromatic heterocycles. The number of pyridine rings is 1. The molecular weight excluding hydrogens is 210 g/mol. The number of unbranched alkanes of at least 4 members (excludes halogenated alkanes) is 1. The van der Waals surface area contributed by atoms with E-state index in [-0.39, 0.29) is 11.8 Å². The second kappa shape index (κ2) is 7.21. The summed E-state index contributed by atoms with van der Waals surface area (Å²) in [5.74, 6) is 0.476. The lowest BCUT2D eigenvalue weighted by Gasteiger charge is -2.18. The van der Waals surface area contributed by atoms with Crippen LogP contribution in [0.2, 0.25) is 0 Å². The first-order valence-electron chi connectivity index (χ1n) is 6.65. The fourth-order valence-corrected chi connectivity index (χ4v) is 2.13. The summed E-state index contributed by atoms with van der Waals surface area (Å²) in [6.45, 7) is 6.24. The van der Waals surface area contributed by atoms with Crippen LogP contribution in [0, 0.1) is 5.92 Å². The summed E-state index contributed by atoms with van der Waals surface area (Å²) in [5, 5.41) is 0. The zero-order valence-corrected chi connectivity index (χ0v) is 11.1. The maximum absolute atomic E-state index is 12.3. The van der Waals surface area contributed by atoms with E-state index in [0.717, 1.165) is 31.4 Å². The molecule has 1 aromatic rings. The van der Waals surface area contributed by atoms with Gasteiger partial charge >= 0.3 is 0 Å². The van der Waals surface area contributed by atoms with E-state index in [0.29, 0.717) is 5.78 Å². The van der Waals surface area contributed by atoms with Gasteiger partial charge in [0, 0.05) is 12.1 Å². The molecule has 0 aliphatic carbocycles. The molecule has 17 heavy (non-hydrogen) atoms. The van der Waals surface area contributed by atoms with Crippen LogP contribution in [0.5, 0.6) is 0 Å². The van der Waals surface area contributed by atoms with E-state index in [1.807, 2.05) is 25.1 Å². The normalized spacial score (nSPS) is 14.3. The molecule has 2 atom stereocenters. The molecule has 0 aliphatic rings. The van der Waals surface area contributed by atoms with Gasteiger partial charge in [-0.3, -0.25) is 9.78 Å². The Morgan fingerprint density at radius 1 is 1.35 bits per heavy atom. The molecule has 2 nitrogen and oxygen atoms in total. The highest BCUT2D eigenvalue weighted by molar-refractivity contribution is 5.87. The molecule has 0 aliphatic heterocycles. The first kappa shape index (κ1) is 13.9. The van der Waals surface area contributed by atoms with E-state index in [9.17, 15) is 4.79 Å². The highest BCUT2D eigenvalue weighted by Crippen LogP contribution is 2.23. The molecule has 94 valence electrons. The number of aromatic nitrogens is 1. The fraction of sp³-hybridized carbons (Fsp3) is 0.600. The first-order chi connectivity index (χ1) is 8.20. The molecule has 0 saturated carbocycles. The van der Waals surface area contributed by atoms with Crippen LogP contribution in [-0.2, 0) is 4.79 Å². The number of carbonyl (C=O) groups is 1. The second-order valence-corrected chi connectivity index (χ2v) is 4.63. The minimum absolute atomic E-state index is 0.0713. The van der Waals surface area contributed by atoms with Crippen molar-refractivity contribution in [2.75, 3.05) is 0 Å². The first-order valence-corrected chi connectivity index (χ1v) is 6.65. The molecule has 2 unspecified atom stereocenters. The standard InChI is InChI=1S/C15H23NO/c1-4-6-9-13(5-2)15(17)12(3)14-10-7-8-11-16-14/h7-8,10-13H,4-6,9H2,1-3H3. The summed E-state index contributed by atoms with van der Waals surface area (Å²) in [4.78, 5) is 16.6. The third kappa shape index (κ3) is 3.95. The lowest BCUT2D eigenvalue weighted by atomic mass is 9.86. The monoisotopic (exact) mass is 233 g/mol. The van der Waals surface area contributed by atoms with Crippen LogP contribution in [0.1, 0.15) is 58.1 Å². The van der Waals surface area contributed by atoms with Gasteiger partial charge in [-0.15, -0.1) is 0 Å². The zero-order chi connectivity index (χ0) is 12.7. The van der Waals surface area contributed by atoms with E-state index in [1.54, 1.807) is 6.20 Å². The average molecular weight is 233 g/mol. The number of ketones is 1. The molecular formula is C15H23NO. The van der Waals surface area contributed by atoms with Gasteiger partial charge in [0.1, 0.15) is 5.78 Å². The number of hydrogen-bond acceptors (Lipinski definition) is 2. The van der Waals surface area contributed by atoms with E-state index in [1.165, 1.54) is 0 Å². The molecule has 0 N–H and O–H groups in total. The maximum Gasteiger partial charge on any atom is 0.144 e. The molecule has 1 rings (SSSR count). The maximum atomic E-state index is 12.3. The third-order valence-electron chi connectivity index (χ3n) is 3.36. The minimum atomic E-state index is -0.0713. The molecule has 0 amide bonds. The Hall–Kier alpha value is -1.18. The topological polar surface area (TPSA) is 30.0 Å². The Morgan fingerprint density at radius 2 is 2.12 bits per heavy atom. The minimum Gasteiger partial charge on any atom is -0.299 e. The molecule has 1 heterocycles. The van der Waals surface area contributed by atoms with Gasteiger partial charge in [-0.25, -0.2) is 0 Å². The number of Topliss-reactive ketones (excluding diaryl/α,β-unsaturated/α-hetero) is 1. The largest absolute Gasteiger partial charge is 0.299 e. The smallest absolute Gasteiger partial charge is 0.144 e. The zero-order valence-electron chi connectivity index (χ0n) is 11.1. The van der Waals surface area contributed by atoms with Crippen LogP contribution < -0.4 is 0 Å². The van der Waals surface area contributed by atoms with Gasteiger partial charge in [0.2, 0.25) is 0 Å². The van der Waals surface area contributed by atoms with Crippen molar-refractivity contribution in [1.82, 2.24) is 4.98 Å². The van der Waals surface area contributed by atoms with E-state index >= 15 is 0 Å². The van der Waals surface area contributed by atoms with Crippen molar-refractivity contribution >= 4 is 5.78 Å². The molecule has 0 radical (unpaired) electrons. The Kier molecular flexibility index (Phi) is 5.88.